The molecule has 0 unspecified atom stereocenters. The van der Waals surface area contributed by atoms with E-state index in [0.29, 0.717) is 12.1 Å². The number of nitrogens with two attached hydrogens (primary N) is 1. The largest absolute Gasteiger partial charge is 0.399 e. The highest BCUT2D eigenvalue weighted by Gasteiger charge is 2.54. The second kappa shape index (κ2) is 6.13. The number of nitriles is 3. The van der Waals surface area contributed by atoms with Gasteiger partial charge in [-0.05, 0) is 34.5 Å². The topological polar surface area (TPSA) is 101 Å². The first-order valence-electron chi connectivity index (χ1n) is 7.80. The van der Waals surface area contributed by atoms with E-state index in [0.717, 1.165) is 24.2 Å². The van der Waals surface area contributed by atoms with E-state index in [2.05, 4.69) is 30.0 Å². The van der Waals surface area contributed by atoms with Gasteiger partial charge in [-0.3, -0.25) is 4.90 Å². The summed E-state index contributed by atoms with van der Waals surface area (Å²) in [5.41, 5.74) is 6.95. The van der Waals surface area contributed by atoms with Crippen molar-refractivity contribution in [3.05, 3.63) is 45.3 Å². The van der Waals surface area contributed by atoms with Crippen molar-refractivity contribution < 1.29 is 0 Å². The van der Waals surface area contributed by atoms with Crippen LogP contribution in [-0.2, 0) is 0 Å². The number of hydrogen-bond donors (Lipinski definition) is 1. The number of allylic oxidation sites excluding steroid dienone is 2. The number of thiophene rings is 1. The number of hydrogen-bond acceptors (Lipinski definition) is 6. The lowest BCUT2D eigenvalue weighted by Gasteiger charge is -2.45. The van der Waals surface area contributed by atoms with Gasteiger partial charge in [0, 0.05) is 24.9 Å². The predicted octanol–water partition coefficient (Wildman–Crippen LogP) is 2.49. The fourth-order valence-electron chi connectivity index (χ4n) is 3.83. The molecule has 0 spiro atoms. The minimum Gasteiger partial charge on any atom is -0.399 e. The third-order valence-corrected chi connectivity index (χ3v) is 5.79. The molecule has 0 bridgehead atoms. The molecule has 1 aromatic heterocycles. The molecule has 2 heterocycles. The van der Waals surface area contributed by atoms with Crippen LogP contribution in [0.5, 0.6) is 0 Å². The Morgan fingerprint density at radius 2 is 2.12 bits per heavy atom. The second-order valence-electron chi connectivity index (χ2n) is 6.08. The van der Waals surface area contributed by atoms with Gasteiger partial charge in [-0.15, -0.1) is 0 Å². The van der Waals surface area contributed by atoms with Crippen molar-refractivity contribution in [1.82, 2.24) is 4.90 Å². The molecule has 1 aromatic rings. The highest BCUT2D eigenvalue weighted by Crippen LogP contribution is 2.54. The van der Waals surface area contributed by atoms with Crippen molar-refractivity contribution in [2.24, 2.45) is 17.1 Å². The van der Waals surface area contributed by atoms with E-state index >= 15 is 0 Å². The van der Waals surface area contributed by atoms with Crippen molar-refractivity contribution in [3.63, 3.8) is 0 Å². The molecule has 2 atom stereocenters. The summed E-state index contributed by atoms with van der Waals surface area (Å²) < 4.78 is 0. The van der Waals surface area contributed by atoms with Crippen LogP contribution in [0.1, 0.15) is 18.4 Å². The molecule has 0 aromatic carbocycles. The van der Waals surface area contributed by atoms with Crippen LogP contribution in [0.15, 0.2) is 39.7 Å². The van der Waals surface area contributed by atoms with Gasteiger partial charge in [0.25, 0.3) is 0 Å². The van der Waals surface area contributed by atoms with E-state index in [1.807, 2.05) is 22.9 Å². The summed E-state index contributed by atoms with van der Waals surface area (Å²) in [5.74, 6) is -0.453. The van der Waals surface area contributed by atoms with Gasteiger partial charge in [0.05, 0.1) is 23.4 Å². The highest BCUT2D eigenvalue weighted by molar-refractivity contribution is 7.08. The Bertz CT molecular complexity index is 814. The van der Waals surface area contributed by atoms with Gasteiger partial charge in [0.15, 0.2) is 5.41 Å². The summed E-state index contributed by atoms with van der Waals surface area (Å²) in [7, 11) is 0. The van der Waals surface area contributed by atoms with Crippen LogP contribution < -0.4 is 5.73 Å². The Morgan fingerprint density at radius 3 is 2.67 bits per heavy atom. The zero-order valence-corrected chi connectivity index (χ0v) is 14.2. The van der Waals surface area contributed by atoms with Crippen molar-refractivity contribution in [2.45, 2.75) is 12.8 Å². The van der Waals surface area contributed by atoms with Crippen LogP contribution in [0.25, 0.3) is 0 Å². The summed E-state index contributed by atoms with van der Waals surface area (Å²) in [6, 6.07) is 8.39. The maximum atomic E-state index is 9.88. The molecule has 1 aliphatic heterocycles. The molecule has 120 valence electrons. The van der Waals surface area contributed by atoms with Crippen LogP contribution in [0.4, 0.5) is 0 Å². The molecule has 2 N–H and O–H groups in total. The number of likely N-dealkylation sites (N-methyl/N-ethyl adjacent to an activating group) is 1. The first kappa shape index (κ1) is 16.3. The van der Waals surface area contributed by atoms with Gasteiger partial charge in [0.2, 0.25) is 0 Å². The minimum atomic E-state index is -1.51. The molecule has 2 aliphatic rings. The summed E-state index contributed by atoms with van der Waals surface area (Å²) >= 11 is 1.53. The van der Waals surface area contributed by atoms with Crippen LogP contribution in [0.2, 0.25) is 0 Å². The smallest absolute Gasteiger partial charge is 0.191 e. The molecule has 24 heavy (non-hydrogen) atoms. The molecule has 0 saturated heterocycles. The molecule has 5 nitrogen and oxygen atoms in total. The van der Waals surface area contributed by atoms with Crippen LogP contribution >= 0.6 is 11.3 Å². The average Bonchev–Trinajstić information content (AvgIpc) is 3.14. The Balaban J connectivity index is 2.29. The van der Waals surface area contributed by atoms with E-state index in [-0.39, 0.29) is 17.5 Å². The Kier molecular flexibility index (Phi) is 4.16. The number of rotatable bonds is 2. The van der Waals surface area contributed by atoms with Gasteiger partial charge in [0.1, 0.15) is 6.07 Å². The molecule has 0 radical (unpaired) electrons. The van der Waals surface area contributed by atoms with Crippen molar-refractivity contribution in [3.8, 4) is 18.2 Å². The number of fused-ring (bicyclic) bond motifs is 1. The van der Waals surface area contributed by atoms with Gasteiger partial charge >= 0.3 is 0 Å². The molecular formula is C18H17N5S. The fraction of sp³-hybridized carbons (Fsp3) is 0.389. The minimum absolute atomic E-state index is 0.0884. The van der Waals surface area contributed by atoms with Gasteiger partial charge < -0.3 is 5.73 Å². The third-order valence-electron chi connectivity index (χ3n) is 5.09. The standard InChI is InChI=1S/C18H17N5S/c1-2-23-5-3-13-14(7-19)17(22)18(10-20,11-21)16(15(13)8-23)12-4-6-24-9-12/h3-4,6,9,15-16H,2,5,8,22H2,1H3/t15-,16-/m1/s1. The Hall–Kier alpha value is -2.59. The zero-order chi connectivity index (χ0) is 17.3. The SMILES string of the molecule is CCN1CC=C2C(C#N)=C(N)C(C#N)(C#N)[C@H](c3ccsc3)[C@@H]2C1. The van der Waals surface area contributed by atoms with Crippen molar-refractivity contribution in [2.75, 3.05) is 19.6 Å². The molecule has 0 fully saturated rings. The van der Waals surface area contributed by atoms with Crippen LogP contribution in [0.3, 0.4) is 0 Å². The van der Waals surface area contributed by atoms with Crippen LogP contribution in [-0.4, -0.2) is 24.5 Å². The molecule has 0 amide bonds. The lowest BCUT2D eigenvalue weighted by molar-refractivity contribution is 0.215. The predicted molar refractivity (Wildman–Crippen MR) is 91.2 cm³/mol. The quantitative estimate of drug-likeness (QED) is 0.895. The van der Waals surface area contributed by atoms with E-state index in [4.69, 9.17) is 5.73 Å². The fourth-order valence-corrected chi connectivity index (χ4v) is 4.52. The normalized spacial score (nSPS) is 25.8. The molecule has 6 heteroatoms. The highest BCUT2D eigenvalue weighted by atomic mass is 32.1. The van der Waals surface area contributed by atoms with E-state index < -0.39 is 5.41 Å². The molecular weight excluding hydrogens is 318 g/mol. The maximum absolute atomic E-state index is 9.88. The van der Waals surface area contributed by atoms with E-state index in [1.165, 1.54) is 11.3 Å². The lowest BCUT2D eigenvalue weighted by atomic mass is 9.58. The van der Waals surface area contributed by atoms with Gasteiger partial charge in [-0.1, -0.05) is 13.0 Å². The van der Waals surface area contributed by atoms with Crippen LogP contribution in [0, 0.1) is 45.3 Å². The second-order valence-corrected chi connectivity index (χ2v) is 6.86. The average molecular weight is 335 g/mol. The summed E-state index contributed by atoms with van der Waals surface area (Å²) in [6.07, 6.45) is 2.03. The maximum Gasteiger partial charge on any atom is 0.191 e. The summed E-state index contributed by atoms with van der Waals surface area (Å²) in [4.78, 5) is 2.25. The number of nitrogens with zero attached hydrogens (tertiary/aromatic N) is 4. The molecule has 0 saturated carbocycles. The summed E-state index contributed by atoms with van der Waals surface area (Å²) in [5, 5.41) is 33.3. The molecule has 1 aliphatic carbocycles. The van der Waals surface area contributed by atoms with Gasteiger partial charge in [-0.25, -0.2) is 0 Å². The Morgan fingerprint density at radius 1 is 1.38 bits per heavy atom. The summed E-state index contributed by atoms with van der Waals surface area (Å²) in [6.45, 7) is 4.43. The Labute approximate surface area is 145 Å². The van der Waals surface area contributed by atoms with E-state index in [9.17, 15) is 15.8 Å². The first-order chi connectivity index (χ1) is 11.6. The van der Waals surface area contributed by atoms with Crippen molar-refractivity contribution in [1.29, 1.82) is 15.8 Å². The van der Waals surface area contributed by atoms with Gasteiger partial charge in [-0.2, -0.15) is 27.1 Å². The lowest BCUT2D eigenvalue weighted by Crippen LogP contribution is -2.47. The van der Waals surface area contributed by atoms with Crippen molar-refractivity contribution >= 4 is 11.3 Å². The first-order valence-corrected chi connectivity index (χ1v) is 8.74. The third kappa shape index (κ3) is 2.14. The zero-order valence-electron chi connectivity index (χ0n) is 13.4. The molecule has 3 rings (SSSR count). The monoisotopic (exact) mass is 335 g/mol. The van der Waals surface area contributed by atoms with E-state index in [1.54, 1.807) is 0 Å².